The third-order valence-electron chi connectivity index (χ3n) is 5.07. The number of ether oxygens (including phenoxy) is 2. The molecule has 0 bridgehead atoms. The number of aliphatic hydroxyl groups is 4. The van der Waals surface area contributed by atoms with E-state index in [4.69, 9.17) is 21.3 Å². The first-order valence-electron chi connectivity index (χ1n) is 9.70. The van der Waals surface area contributed by atoms with Crippen molar-refractivity contribution in [2.45, 2.75) is 55.8 Å². The summed E-state index contributed by atoms with van der Waals surface area (Å²) in [6, 6.07) is -2.83. The summed E-state index contributed by atoms with van der Waals surface area (Å²) in [6.07, 6.45) is -10.7. The molecule has 1 aromatic heterocycles. The second-order valence-electron chi connectivity index (χ2n) is 7.50. The Kier molecular flexibility index (Phi) is 8.48. The summed E-state index contributed by atoms with van der Waals surface area (Å²) >= 11 is 0. The lowest BCUT2D eigenvalue weighted by molar-refractivity contribution is -0.130. The maximum atomic E-state index is 12.3. The van der Waals surface area contributed by atoms with Crippen molar-refractivity contribution in [3.63, 3.8) is 0 Å². The number of carbonyl (C=O) groups is 3. The maximum absolute atomic E-state index is 12.3. The summed E-state index contributed by atoms with van der Waals surface area (Å²) in [5.74, 6) is -2.68. The number of carboxylic acid groups (broad SMARTS) is 1. The molecule has 0 radical (unpaired) electrons. The molecule has 0 saturated carbocycles. The van der Waals surface area contributed by atoms with Crippen molar-refractivity contribution in [2.24, 2.45) is 11.5 Å². The first-order chi connectivity index (χ1) is 15.8. The number of aromatic amines is 1. The van der Waals surface area contributed by atoms with Crippen molar-refractivity contribution in [1.82, 2.24) is 14.9 Å². The molecule has 3 unspecified atom stereocenters. The van der Waals surface area contributed by atoms with E-state index < -0.39 is 90.2 Å². The average Bonchev–Trinajstić information content (AvgIpc) is 3.05. The molecule has 2 rings (SSSR count). The van der Waals surface area contributed by atoms with E-state index in [2.05, 4.69) is 10.1 Å². The minimum Gasteiger partial charge on any atom is -0.477 e. The molecule has 17 heteroatoms. The number of aliphatic hydroxyl groups excluding tert-OH is 4. The number of aromatic carboxylic acids is 1. The van der Waals surface area contributed by atoms with Gasteiger partial charge in [-0.2, -0.15) is 0 Å². The van der Waals surface area contributed by atoms with Crippen LogP contribution in [-0.4, -0.2) is 102 Å². The number of nitrogens with two attached hydrogens (primary N) is 2. The SMILES string of the molecule is CC(NC(=O)[C@@H](N)[C@H](O)[C@@H](O)COC(N)=O)[C@H]1O[C@@H](n2cc(C(=O)O)c(=O)[nH]c2=O)C(O)C1O. The smallest absolute Gasteiger partial charge is 0.404 e. The number of primary amides is 1. The molecule has 1 saturated heterocycles. The lowest BCUT2D eigenvalue weighted by atomic mass is 10.0. The number of amides is 2. The third kappa shape index (κ3) is 5.76. The number of nitrogens with zero attached hydrogens (tertiary/aromatic N) is 1. The van der Waals surface area contributed by atoms with Crippen LogP contribution in [-0.2, 0) is 14.3 Å². The minimum absolute atomic E-state index is 0.567. The molecule has 11 N–H and O–H groups in total. The number of H-pyrrole nitrogens is 1. The van der Waals surface area contributed by atoms with Gasteiger partial charge in [0.05, 0.1) is 6.04 Å². The van der Waals surface area contributed by atoms with Crippen molar-refractivity contribution in [3.8, 4) is 0 Å². The van der Waals surface area contributed by atoms with Crippen LogP contribution in [0.5, 0.6) is 0 Å². The number of nitrogens with one attached hydrogen (secondary N) is 2. The van der Waals surface area contributed by atoms with Crippen molar-refractivity contribution >= 4 is 18.0 Å². The third-order valence-corrected chi connectivity index (χ3v) is 5.07. The molecule has 1 fully saturated rings. The molecule has 190 valence electrons. The first kappa shape index (κ1) is 26.9. The molecule has 0 spiro atoms. The van der Waals surface area contributed by atoms with Gasteiger partial charge in [-0.1, -0.05) is 0 Å². The van der Waals surface area contributed by atoms with Gasteiger partial charge in [-0.15, -0.1) is 0 Å². The molecular weight excluding hydrogens is 466 g/mol. The molecule has 8 atom stereocenters. The molecule has 17 nitrogen and oxygen atoms in total. The monoisotopic (exact) mass is 491 g/mol. The molecule has 2 amide bonds. The minimum atomic E-state index is -1.88. The van der Waals surface area contributed by atoms with Crippen LogP contribution >= 0.6 is 0 Å². The number of hydrogen-bond donors (Lipinski definition) is 9. The van der Waals surface area contributed by atoms with E-state index >= 15 is 0 Å². The fourth-order valence-corrected chi connectivity index (χ4v) is 3.22. The van der Waals surface area contributed by atoms with Crippen LogP contribution in [0.25, 0.3) is 0 Å². The van der Waals surface area contributed by atoms with Gasteiger partial charge in [0.1, 0.15) is 48.7 Å². The summed E-state index contributed by atoms with van der Waals surface area (Å²) in [5.41, 5.74) is 7.20. The van der Waals surface area contributed by atoms with Crippen LogP contribution in [0.3, 0.4) is 0 Å². The predicted octanol–water partition coefficient (Wildman–Crippen LogP) is -5.50. The quantitative estimate of drug-likeness (QED) is 0.156. The fourth-order valence-electron chi connectivity index (χ4n) is 3.22. The molecular formula is C17H25N5O12. The van der Waals surface area contributed by atoms with Crippen LogP contribution in [0.4, 0.5) is 4.79 Å². The Labute approximate surface area is 189 Å². The van der Waals surface area contributed by atoms with Gasteiger partial charge >= 0.3 is 17.8 Å². The van der Waals surface area contributed by atoms with Gasteiger partial charge in [0.25, 0.3) is 5.56 Å². The Balaban J connectivity index is 2.12. The zero-order valence-corrected chi connectivity index (χ0v) is 17.6. The fraction of sp³-hybridized carbons (Fsp3) is 0.588. The van der Waals surface area contributed by atoms with Gasteiger partial charge in [0.2, 0.25) is 5.91 Å². The van der Waals surface area contributed by atoms with Gasteiger partial charge in [-0.3, -0.25) is 19.1 Å². The van der Waals surface area contributed by atoms with E-state index in [1.165, 1.54) is 6.92 Å². The van der Waals surface area contributed by atoms with E-state index in [0.717, 1.165) is 0 Å². The highest BCUT2D eigenvalue weighted by molar-refractivity contribution is 5.86. The van der Waals surface area contributed by atoms with Gasteiger partial charge < -0.3 is 51.8 Å². The zero-order chi connectivity index (χ0) is 25.9. The summed E-state index contributed by atoms with van der Waals surface area (Å²) < 4.78 is 10.3. The van der Waals surface area contributed by atoms with E-state index in [9.17, 15) is 44.4 Å². The Hall–Kier alpha value is -3.35. The standard InChI is InChI=1S/C17H25N5O12/c1-4(20-13(28)7(18)8(24)6(23)3-33-16(19)31)11-9(25)10(26)14(34-11)22-2-5(15(29)30)12(27)21-17(22)32/h2,4,6-11,14,23-26H,3,18H2,1H3,(H2,19,31)(H,20,28)(H,29,30)(H,21,27,32)/t4?,6-,7-,8+,9?,10?,11+,14+/m0/s1. The first-order valence-corrected chi connectivity index (χ1v) is 9.70. The van der Waals surface area contributed by atoms with E-state index in [1.807, 2.05) is 0 Å². The van der Waals surface area contributed by atoms with Crippen molar-refractivity contribution < 1.29 is 49.4 Å². The summed E-state index contributed by atoms with van der Waals surface area (Å²) in [6.45, 7) is 0.586. The van der Waals surface area contributed by atoms with Gasteiger partial charge in [0, 0.05) is 6.20 Å². The number of aromatic nitrogens is 2. The number of rotatable bonds is 9. The predicted molar refractivity (Wildman–Crippen MR) is 107 cm³/mol. The van der Waals surface area contributed by atoms with Gasteiger partial charge in [-0.05, 0) is 6.92 Å². The number of carboxylic acids is 1. The van der Waals surface area contributed by atoms with Crippen molar-refractivity contribution in [2.75, 3.05) is 6.61 Å². The van der Waals surface area contributed by atoms with E-state index in [0.29, 0.717) is 10.8 Å². The molecule has 2 heterocycles. The summed E-state index contributed by atoms with van der Waals surface area (Å²) in [7, 11) is 0. The molecule has 1 aromatic rings. The molecule has 1 aliphatic rings. The van der Waals surface area contributed by atoms with E-state index in [-0.39, 0.29) is 0 Å². The molecule has 0 aromatic carbocycles. The highest BCUT2D eigenvalue weighted by atomic mass is 16.6. The van der Waals surface area contributed by atoms with Crippen LogP contribution in [0.2, 0.25) is 0 Å². The lowest BCUT2D eigenvalue weighted by Crippen LogP contribution is -2.57. The van der Waals surface area contributed by atoms with Gasteiger partial charge in [0.15, 0.2) is 6.23 Å². The maximum Gasteiger partial charge on any atom is 0.404 e. The average molecular weight is 491 g/mol. The second kappa shape index (κ2) is 10.7. The van der Waals surface area contributed by atoms with Crippen LogP contribution in [0.15, 0.2) is 15.8 Å². The number of carbonyl (C=O) groups excluding carboxylic acids is 2. The van der Waals surface area contributed by atoms with Crippen LogP contribution < -0.4 is 28.0 Å². The highest BCUT2D eigenvalue weighted by Crippen LogP contribution is 2.30. The lowest BCUT2D eigenvalue weighted by Gasteiger charge is -2.27. The Bertz CT molecular complexity index is 1040. The summed E-state index contributed by atoms with van der Waals surface area (Å²) in [4.78, 5) is 59.5. The second-order valence-corrected chi connectivity index (χ2v) is 7.50. The zero-order valence-electron chi connectivity index (χ0n) is 17.6. The largest absolute Gasteiger partial charge is 0.477 e. The molecule has 0 aliphatic carbocycles. The van der Waals surface area contributed by atoms with Crippen molar-refractivity contribution in [3.05, 3.63) is 32.6 Å². The normalized spacial score (nSPS) is 25.7. The Morgan fingerprint density at radius 1 is 1.26 bits per heavy atom. The van der Waals surface area contributed by atoms with Crippen LogP contribution in [0, 0.1) is 0 Å². The molecule has 1 aliphatic heterocycles. The Morgan fingerprint density at radius 2 is 1.88 bits per heavy atom. The summed E-state index contributed by atoms with van der Waals surface area (Å²) in [5, 5.41) is 51.7. The number of hydrogen-bond acceptors (Lipinski definition) is 12. The van der Waals surface area contributed by atoms with Gasteiger partial charge in [-0.25, -0.2) is 14.4 Å². The highest BCUT2D eigenvalue weighted by Gasteiger charge is 2.47. The van der Waals surface area contributed by atoms with E-state index in [1.54, 1.807) is 4.98 Å². The topological polar surface area (TPSA) is 290 Å². The van der Waals surface area contributed by atoms with Crippen molar-refractivity contribution in [1.29, 1.82) is 0 Å². The van der Waals surface area contributed by atoms with Crippen LogP contribution in [0.1, 0.15) is 23.5 Å². The molecule has 34 heavy (non-hydrogen) atoms. The Morgan fingerprint density at radius 3 is 2.44 bits per heavy atom.